The molecule has 0 atom stereocenters. The highest BCUT2D eigenvalue weighted by Crippen LogP contribution is 2.38. The Morgan fingerprint density at radius 1 is 1.07 bits per heavy atom. The van der Waals surface area contributed by atoms with E-state index in [1.54, 1.807) is 41.5 Å². The molecule has 0 N–H and O–H groups in total. The van der Waals surface area contributed by atoms with E-state index >= 15 is 0 Å². The smallest absolute Gasteiger partial charge is 0.255 e. The number of hydrogen-bond acceptors (Lipinski definition) is 5. The molecule has 28 heavy (non-hydrogen) atoms. The zero-order valence-corrected chi connectivity index (χ0v) is 18.0. The maximum absolute atomic E-state index is 12.8. The lowest BCUT2D eigenvalue weighted by molar-refractivity contribution is 0.0747. The molecule has 0 aliphatic carbocycles. The first-order valence-corrected chi connectivity index (χ1v) is 10.6. The first-order valence-electron chi connectivity index (χ1n) is 8.60. The zero-order chi connectivity index (χ0) is 19.8. The molecule has 0 bridgehead atoms. The Labute approximate surface area is 181 Å². The van der Waals surface area contributed by atoms with Gasteiger partial charge in [-0.05, 0) is 30.3 Å². The van der Waals surface area contributed by atoms with Gasteiger partial charge in [0.2, 0.25) is 0 Å². The van der Waals surface area contributed by atoms with Crippen molar-refractivity contribution in [1.82, 2.24) is 9.88 Å². The maximum atomic E-state index is 12.8. The van der Waals surface area contributed by atoms with Crippen LogP contribution in [-0.4, -0.2) is 49.1 Å². The lowest BCUT2D eigenvalue weighted by atomic mass is 10.2. The number of nitrogens with zero attached hydrogens (tertiary/aromatic N) is 3. The number of rotatable bonds is 3. The van der Waals surface area contributed by atoms with Gasteiger partial charge in [-0.1, -0.05) is 46.1 Å². The summed E-state index contributed by atoms with van der Waals surface area (Å²) in [6.45, 7) is 2.52. The van der Waals surface area contributed by atoms with Gasteiger partial charge < -0.3 is 14.5 Å². The van der Waals surface area contributed by atoms with Gasteiger partial charge in [0.15, 0.2) is 10.9 Å². The number of piperazine rings is 1. The van der Waals surface area contributed by atoms with Crippen LogP contribution >= 0.6 is 46.1 Å². The molecule has 9 heteroatoms. The van der Waals surface area contributed by atoms with Crippen LogP contribution in [0.4, 0.5) is 5.13 Å². The molecule has 1 saturated heterocycles. The number of ether oxygens (including phenoxy) is 1. The van der Waals surface area contributed by atoms with Crippen LogP contribution in [0.3, 0.4) is 0 Å². The molecule has 1 aliphatic rings. The summed E-state index contributed by atoms with van der Waals surface area (Å²) in [4.78, 5) is 21.5. The van der Waals surface area contributed by atoms with Crippen LogP contribution in [-0.2, 0) is 0 Å². The van der Waals surface area contributed by atoms with Crippen molar-refractivity contribution >= 4 is 67.4 Å². The number of halogens is 3. The van der Waals surface area contributed by atoms with Gasteiger partial charge in [0.25, 0.3) is 5.91 Å². The fraction of sp³-hybridized carbons (Fsp3) is 0.263. The Balaban J connectivity index is 1.50. The van der Waals surface area contributed by atoms with Gasteiger partial charge in [0, 0.05) is 31.2 Å². The molecule has 146 valence electrons. The van der Waals surface area contributed by atoms with Crippen molar-refractivity contribution in [3.8, 4) is 5.75 Å². The van der Waals surface area contributed by atoms with E-state index in [4.69, 9.17) is 44.5 Å². The first kappa shape index (κ1) is 19.6. The van der Waals surface area contributed by atoms with Crippen molar-refractivity contribution in [2.24, 2.45) is 0 Å². The van der Waals surface area contributed by atoms with Gasteiger partial charge >= 0.3 is 0 Å². The minimum Gasteiger partial charge on any atom is -0.493 e. The zero-order valence-electron chi connectivity index (χ0n) is 14.9. The SMILES string of the molecule is COc1c(Cl)ccc2sc(N3CCN(C(=O)c4cc(Cl)ccc4Cl)CC3)nc12. The Hall–Kier alpha value is -1.73. The molecular formula is C19H16Cl3N3O2S. The lowest BCUT2D eigenvalue weighted by Crippen LogP contribution is -2.48. The van der Waals surface area contributed by atoms with Crippen molar-refractivity contribution in [2.45, 2.75) is 0 Å². The quantitative estimate of drug-likeness (QED) is 0.541. The second-order valence-electron chi connectivity index (χ2n) is 6.33. The highest BCUT2D eigenvalue weighted by atomic mass is 35.5. The van der Waals surface area contributed by atoms with E-state index < -0.39 is 0 Å². The largest absolute Gasteiger partial charge is 0.493 e. The van der Waals surface area contributed by atoms with Gasteiger partial charge in [-0.25, -0.2) is 4.98 Å². The summed E-state index contributed by atoms with van der Waals surface area (Å²) >= 11 is 20.0. The Morgan fingerprint density at radius 2 is 1.79 bits per heavy atom. The number of fused-ring (bicyclic) bond motifs is 1. The minimum atomic E-state index is -0.107. The van der Waals surface area contributed by atoms with Crippen LogP contribution in [0.1, 0.15) is 10.4 Å². The van der Waals surface area contributed by atoms with E-state index in [-0.39, 0.29) is 5.91 Å². The monoisotopic (exact) mass is 455 g/mol. The molecule has 2 aromatic carbocycles. The number of amides is 1. The normalized spacial score (nSPS) is 14.6. The van der Waals surface area contributed by atoms with Crippen LogP contribution in [0, 0.1) is 0 Å². The van der Waals surface area contributed by atoms with E-state index in [9.17, 15) is 4.79 Å². The maximum Gasteiger partial charge on any atom is 0.255 e. The standard InChI is InChI=1S/C19H16Cl3N3O2S/c1-27-17-14(22)4-5-15-16(17)23-19(28-15)25-8-6-24(7-9-25)18(26)12-10-11(20)2-3-13(12)21/h2-5,10H,6-9H2,1H3. The first-order chi connectivity index (χ1) is 13.5. The van der Waals surface area contributed by atoms with E-state index in [0.717, 1.165) is 15.3 Å². The minimum absolute atomic E-state index is 0.107. The van der Waals surface area contributed by atoms with E-state index in [1.807, 2.05) is 12.1 Å². The number of methoxy groups -OCH3 is 1. The number of aromatic nitrogens is 1. The molecule has 0 saturated carbocycles. The van der Waals surface area contributed by atoms with Gasteiger partial charge in [0.1, 0.15) is 5.52 Å². The molecule has 2 heterocycles. The number of thiazole rings is 1. The number of anilines is 1. The summed E-state index contributed by atoms with van der Waals surface area (Å²) in [5.41, 5.74) is 1.20. The van der Waals surface area contributed by atoms with Crippen molar-refractivity contribution in [3.05, 3.63) is 51.0 Å². The van der Waals surface area contributed by atoms with Gasteiger partial charge in [-0.2, -0.15) is 0 Å². The Bertz CT molecular complexity index is 1050. The highest BCUT2D eigenvalue weighted by Gasteiger charge is 2.26. The summed E-state index contributed by atoms with van der Waals surface area (Å²) in [5, 5.41) is 2.34. The van der Waals surface area contributed by atoms with Gasteiger partial charge in [-0.15, -0.1) is 0 Å². The predicted octanol–water partition coefficient (Wildman–Crippen LogP) is 5.23. The second-order valence-corrected chi connectivity index (χ2v) is 8.59. The van der Waals surface area contributed by atoms with Gasteiger partial charge in [-0.3, -0.25) is 4.79 Å². The molecule has 1 amide bonds. The third-order valence-corrected chi connectivity index (χ3v) is 6.60. The van der Waals surface area contributed by atoms with Crippen LogP contribution in [0.5, 0.6) is 5.75 Å². The van der Waals surface area contributed by atoms with Crippen LogP contribution in [0.2, 0.25) is 15.1 Å². The summed E-state index contributed by atoms with van der Waals surface area (Å²) in [5.74, 6) is 0.482. The molecule has 0 unspecified atom stereocenters. The van der Waals surface area contributed by atoms with E-state index in [0.29, 0.717) is 52.6 Å². The molecule has 1 fully saturated rings. The topological polar surface area (TPSA) is 45.7 Å². The Morgan fingerprint density at radius 3 is 2.50 bits per heavy atom. The highest BCUT2D eigenvalue weighted by molar-refractivity contribution is 7.22. The second kappa shape index (κ2) is 7.95. The lowest BCUT2D eigenvalue weighted by Gasteiger charge is -2.34. The van der Waals surface area contributed by atoms with E-state index in [2.05, 4.69) is 4.90 Å². The molecule has 0 spiro atoms. The fourth-order valence-electron chi connectivity index (χ4n) is 3.20. The third kappa shape index (κ3) is 3.62. The molecule has 3 aromatic rings. The average molecular weight is 457 g/mol. The molecule has 5 nitrogen and oxygen atoms in total. The Kier molecular flexibility index (Phi) is 5.56. The summed E-state index contributed by atoms with van der Waals surface area (Å²) < 4.78 is 6.41. The summed E-state index contributed by atoms with van der Waals surface area (Å²) in [7, 11) is 1.59. The fourth-order valence-corrected chi connectivity index (χ4v) is 4.81. The van der Waals surface area contributed by atoms with Crippen molar-refractivity contribution < 1.29 is 9.53 Å². The van der Waals surface area contributed by atoms with Crippen molar-refractivity contribution in [3.63, 3.8) is 0 Å². The molecule has 1 aliphatic heterocycles. The number of carbonyl (C=O) groups excluding carboxylic acids is 1. The van der Waals surface area contributed by atoms with Gasteiger partial charge in [0.05, 0.1) is 27.4 Å². The molecule has 1 aromatic heterocycles. The van der Waals surface area contributed by atoms with Crippen LogP contribution in [0.15, 0.2) is 30.3 Å². The number of benzene rings is 2. The summed E-state index contributed by atoms with van der Waals surface area (Å²) in [6.07, 6.45) is 0. The van der Waals surface area contributed by atoms with E-state index in [1.165, 1.54) is 0 Å². The number of hydrogen-bond donors (Lipinski definition) is 0. The third-order valence-electron chi connectivity index (χ3n) is 4.66. The van der Waals surface area contributed by atoms with Crippen molar-refractivity contribution in [2.75, 3.05) is 38.2 Å². The van der Waals surface area contributed by atoms with Crippen LogP contribution < -0.4 is 9.64 Å². The average Bonchev–Trinajstić information content (AvgIpc) is 3.13. The number of carbonyl (C=O) groups is 1. The molecular weight excluding hydrogens is 441 g/mol. The molecule has 0 radical (unpaired) electrons. The predicted molar refractivity (Wildman–Crippen MR) is 116 cm³/mol. The molecule has 4 rings (SSSR count). The van der Waals surface area contributed by atoms with Crippen molar-refractivity contribution in [1.29, 1.82) is 0 Å². The van der Waals surface area contributed by atoms with Crippen LogP contribution in [0.25, 0.3) is 10.2 Å². The summed E-state index contributed by atoms with van der Waals surface area (Å²) in [6, 6.07) is 8.69.